The first kappa shape index (κ1) is 23.9. The van der Waals surface area contributed by atoms with Crippen molar-refractivity contribution in [3.8, 4) is 0 Å². The highest BCUT2D eigenvalue weighted by Crippen LogP contribution is 2.63. The topological polar surface area (TPSA) is 148 Å². The van der Waals surface area contributed by atoms with Gasteiger partial charge in [0, 0.05) is 26.5 Å². The third kappa shape index (κ3) is 6.04. The van der Waals surface area contributed by atoms with Gasteiger partial charge in [-0.1, -0.05) is 0 Å². The van der Waals surface area contributed by atoms with Crippen molar-refractivity contribution in [2.24, 2.45) is 0 Å². The van der Waals surface area contributed by atoms with Crippen molar-refractivity contribution in [1.29, 1.82) is 0 Å². The van der Waals surface area contributed by atoms with Crippen LogP contribution in [-0.4, -0.2) is 53.8 Å². The van der Waals surface area contributed by atoms with Crippen LogP contribution in [0.5, 0.6) is 0 Å². The first-order valence-electron chi connectivity index (χ1n) is 7.78. The summed E-state index contributed by atoms with van der Waals surface area (Å²) in [5.41, 5.74) is -1.30. The maximum Gasteiger partial charge on any atom is 0.522 e. The summed E-state index contributed by atoms with van der Waals surface area (Å²) >= 11 is 5.12. The Morgan fingerprint density at radius 3 is 2.75 bits per heavy atom. The fourth-order valence-electron chi connectivity index (χ4n) is 2.14. The van der Waals surface area contributed by atoms with Crippen LogP contribution in [0.2, 0.25) is 0 Å². The zero-order chi connectivity index (χ0) is 20.9. The molecule has 2 rings (SSSR count). The van der Waals surface area contributed by atoms with E-state index in [-0.39, 0.29) is 0 Å². The number of H-pyrrole nitrogens is 1. The summed E-state index contributed by atoms with van der Waals surface area (Å²) < 4.78 is 44.8. The average molecular weight is 477 g/mol. The highest BCUT2D eigenvalue weighted by Gasteiger charge is 2.52. The molecular formula is C12H20N2O10P3S+. The van der Waals surface area contributed by atoms with Gasteiger partial charge >= 0.3 is 20.4 Å². The Kier molecular flexibility index (Phi) is 9.00. The average Bonchev–Trinajstić information content (AvgIpc) is 2.97. The van der Waals surface area contributed by atoms with Crippen molar-refractivity contribution in [3.05, 3.63) is 33.1 Å². The van der Waals surface area contributed by atoms with E-state index >= 15 is 0 Å². The summed E-state index contributed by atoms with van der Waals surface area (Å²) in [6.07, 6.45) is -0.637. The van der Waals surface area contributed by atoms with E-state index in [1.54, 1.807) is 6.92 Å². The molecular weight excluding hydrogens is 457 g/mol. The highest BCUT2D eigenvalue weighted by molar-refractivity contribution is 8.00. The molecule has 1 fully saturated rings. The van der Waals surface area contributed by atoms with Crippen molar-refractivity contribution in [2.75, 3.05) is 27.2 Å². The SMILES string of the molecule is CCO[P+](=S)O[C@@H]1[C@@H](OCP(=O)(O)OC)O[C@@H](n2ccc(=O)[nH]c2=O)[P@]1OC. The molecule has 0 aromatic carbocycles. The number of hydrogen-bond donors (Lipinski definition) is 2. The molecule has 0 spiro atoms. The summed E-state index contributed by atoms with van der Waals surface area (Å²) in [5, 5.41) is 0. The minimum absolute atomic E-state index is 0.317. The molecule has 1 aromatic rings. The molecule has 0 saturated carbocycles. The van der Waals surface area contributed by atoms with Crippen molar-refractivity contribution in [3.63, 3.8) is 0 Å². The second kappa shape index (κ2) is 10.6. The van der Waals surface area contributed by atoms with Gasteiger partial charge in [-0.05, 0) is 6.92 Å². The van der Waals surface area contributed by atoms with E-state index in [2.05, 4.69) is 9.51 Å². The molecule has 16 heteroatoms. The summed E-state index contributed by atoms with van der Waals surface area (Å²) in [4.78, 5) is 35.1. The largest absolute Gasteiger partial charge is 0.522 e. The van der Waals surface area contributed by atoms with Crippen LogP contribution in [0.3, 0.4) is 0 Å². The van der Waals surface area contributed by atoms with Crippen LogP contribution in [-0.2, 0) is 43.9 Å². The van der Waals surface area contributed by atoms with Gasteiger partial charge in [-0.15, -0.1) is 9.05 Å². The van der Waals surface area contributed by atoms with E-state index in [0.29, 0.717) is 6.61 Å². The van der Waals surface area contributed by atoms with Gasteiger partial charge in [0.15, 0.2) is 18.6 Å². The molecule has 28 heavy (non-hydrogen) atoms. The molecule has 158 valence electrons. The Hall–Kier alpha value is -0.420. The number of aromatic nitrogens is 2. The zero-order valence-electron chi connectivity index (χ0n) is 15.1. The van der Waals surface area contributed by atoms with Crippen LogP contribution in [0, 0.1) is 0 Å². The summed E-state index contributed by atoms with van der Waals surface area (Å²) in [6, 6.07) is 1.14. The standard InChI is InChI=1S/C12H19N2O10P3S/c1-4-22-26(28)24-10-9(21-7-27(17,18)20-3)23-12(25(10)19-2)14-6-5-8(15)13-11(14)16/h5-6,9-10,12H,4,7H2,1-3H3,(H-,13,15,16,17,18)/p+1/t9-,10-,12+,25+/m0/s1. The summed E-state index contributed by atoms with van der Waals surface area (Å²) in [6.45, 7) is 2.06. The van der Waals surface area contributed by atoms with Crippen LogP contribution in [0.1, 0.15) is 12.9 Å². The molecule has 0 radical (unpaired) electrons. The fourth-order valence-corrected chi connectivity index (χ4v) is 6.24. The number of hydrogen-bond acceptors (Lipinski definition) is 10. The van der Waals surface area contributed by atoms with Gasteiger partial charge in [-0.3, -0.25) is 18.9 Å². The zero-order valence-corrected chi connectivity index (χ0v) is 18.6. The van der Waals surface area contributed by atoms with Crippen LogP contribution < -0.4 is 11.2 Å². The van der Waals surface area contributed by atoms with E-state index in [9.17, 15) is 19.0 Å². The van der Waals surface area contributed by atoms with Crippen molar-refractivity contribution in [2.45, 2.75) is 25.0 Å². The lowest BCUT2D eigenvalue weighted by Gasteiger charge is -2.19. The second-order valence-electron chi connectivity index (χ2n) is 5.14. The number of nitrogens with one attached hydrogen (secondary N) is 1. The molecule has 1 saturated heterocycles. The lowest BCUT2D eigenvalue weighted by Crippen LogP contribution is -2.31. The fraction of sp³-hybridized carbons (Fsp3) is 0.667. The Balaban J connectivity index is 2.32. The van der Waals surface area contributed by atoms with Crippen LogP contribution in [0.15, 0.2) is 21.9 Å². The highest BCUT2D eigenvalue weighted by atomic mass is 32.4. The van der Waals surface area contributed by atoms with E-state index in [4.69, 9.17) is 34.9 Å². The van der Waals surface area contributed by atoms with Gasteiger partial charge < -0.3 is 23.4 Å². The Morgan fingerprint density at radius 1 is 1.46 bits per heavy atom. The first-order valence-corrected chi connectivity index (χ1v) is 13.1. The summed E-state index contributed by atoms with van der Waals surface area (Å²) in [7, 11) is -4.96. The lowest BCUT2D eigenvalue weighted by molar-refractivity contribution is -0.164. The van der Waals surface area contributed by atoms with Crippen molar-refractivity contribution >= 4 is 34.7 Å². The van der Waals surface area contributed by atoms with Crippen LogP contribution in [0.4, 0.5) is 0 Å². The predicted octanol–water partition coefficient (Wildman–Crippen LogP) is 1.35. The van der Waals surface area contributed by atoms with Gasteiger partial charge in [-0.2, -0.15) is 0 Å². The number of ether oxygens (including phenoxy) is 2. The molecule has 12 nitrogen and oxygen atoms in total. The molecule has 0 amide bonds. The molecule has 0 bridgehead atoms. The van der Waals surface area contributed by atoms with Gasteiger partial charge in [-0.25, -0.2) is 4.79 Å². The van der Waals surface area contributed by atoms with E-state index in [1.807, 2.05) is 0 Å². The van der Waals surface area contributed by atoms with Crippen LogP contribution in [0.25, 0.3) is 0 Å². The number of rotatable bonds is 10. The molecule has 0 aliphatic carbocycles. The first-order chi connectivity index (χ1) is 13.2. The molecule has 6 atom stereocenters. The maximum absolute atomic E-state index is 12.1. The van der Waals surface area contributed by atoms with Gasteiger partial charge in [0.05, 0.1) is 0 Å². The Labute approximate surface area is 167 Å². The Morgan fingerprint density at radius 2 is 2.18 bits per heavy atom. The minimum Gasteiger partial charge on any atom is -0.355 e. The number of nitrogens with zero attached hydrogens (tertiary/aromatic N) is 1. The van der Waals surface area contributed by atoms with Crippen LogP contribution >= 0.6 is 22.9 Å². The quantitative estimate of drug-likeness (QED) is 0.471. The molecule has 2 heterocycles. The smallest absolute Gasteiger partial charge is 0.355 e. The second-order valence-corrected chi connectivity index (χ2v) is 10.9. The van der Waals surface area contributed by atoms with Crippen molar-refractivity contribution < 1.29 is 37.0 Å². The third-order valence-electron chi connectivity index (χ3n) is 3.37. The van der Waals surface area contributed by atoms with E-state index in [0.717, 1.165) is 17.7 Å². The molecule has 1 aromatic heterocycles. The molecule has 2 N–H and O–H groups in total. The maximum atomic E-state index is 12.1. The Bertz CT molecular complexity index is 847. The summed E-state index contributed by atoms with van der Waals surface area (Å²) in [5.74, 6) is -1.92. The minimum atomic E-state index is -3.99. The molecule has 1 aliphatic heterocycles. The normalized spacial score (nSPS) is 27.5. The van der Waals surface area contributed by atoms with Gasteiger partial charge in [0.25, 0.3) is 5.56 Å². The van der Waals surface area contributed by atoms with Crippen molar-refractivity contribution in [1.82, 2.24) is 9.55 Å². The predicted molar refractivity (Wildman–Crippen MR) is 103 cm³/mol. The molecule has 2 unspecified atom stereocenters. The van der Waals surface area contributed by atoms with E-state index in [1.165, 1.54) is 13.3 Å². The van der Waals surface area contributed by atoms with Gasteiger partial charge in [0.1, 0.15) is 14.8 Å². The number of aromatic amines is 1. The lowest BCUT2D eigenvalue weighted by atomic mass is 10.6. The monoisotopic (exact) mass is 477 g/mol. The van der Waals surface area contributed by atoms with Gasteiger partial charge in [0.2, 0.25) is 17.7 Å². The van der Waals surface area contributed by atoms with E-state index < -0.39 is 58.6 Å². The molecule has 1 aliphatic rings. The third-order valence-corrected chi connectivity index (χ3v) is 8.11.